The number of hydrogen-bond donors (Lipinski definition) is 2. The molecule has 0 fully saturated rings. The fourth-order valence-corrected chi connectivity index (χ4v) is 2.89. The van der Waals surface area contributed by atoms with Gasteiger partial charge in [0, 0.05) is 16.1 Å². The van der Waals surface area contributed by atoms with Gasteiger partial charge in [-0.3, -0.25) is 10.1 Å². The Kier molecular flexibility index (Phi) is 4.91. The predicted molar refractivity (Wildman–Crippen MR) is 98.1 cm³/mol. The number of benzene rings is 2. The molecule has 2 aromatic carbocycles. The molecule has 4 nitrogen and oxygen atoms in total. The lowest BCUT2D eigenvalue weighted by atomic mass is 10.0. The van der Waals surface area contributed by atoms with Crippen molar-refractivity contribution >= 4 is 33.6 Å². The number of amides is 3. The summed E-state index contributed by atoms with van der Waals surface area (Å²) in [5.41, 5.74) is 2.18. The minimum absolute atomic E-state index is 0.282. The Morgan fingerprint density at radius 1 is 0.917 bits per heavy atom. The third-order valence-electron chi connectivity index (χ3n) is 3.65. The first-order valence-corrected chi connectivity index (χ1v) is 8.24. The van der Waals surface area contributed by atoms with Crippen LogP contribution in [0.3, 0.4) is 0 Å². The highest BCUT2D eigenvalue weighted by molar-refractivity contribution is 9.10. The van der Waals surface area contributed by atoms with E-state index in [1.165, 1.54) is 0 Å². The quantitative estimate of drug-likeness (QED) is 0.813. The van der Waals surface area contributed by atoms with Crippen LogP contribution in [0.1, 0.15) is 21.8 Å². The second kappa shape index (κ2) is 7.27. The van der Waals surface area contributed by atoms with Crippen molar-refractivity contribution in [3.63, 3.8) is 0 Å². The molecule has 120 valence electrons. The van der Waals surface area contributed by atoms with Crippen LogP contribution in [-0.2, 0) is 0 Å². The molecule has 0 aromatic heterocycles. The minimum Gasteiger partial charge on any atom is -0.308 e. The van der Waals surface area contributed by atoms with Gasteiger partial charge in [-0.1, -0.05) is 48.6 Å². The van der Waals surface area contributed by atoms with E-state index in [4.69, 9.17) is 0 Å². The number of carbonyl (C=O) groups is 2. The zero-order valence-electron chi connectivity index (χ0n) is 12.7. The summed E-state index contributed by atoms with van der Waals surface area (Å²) in [5.74, 6) is -0.178. The maximum Gasteiger partial charge on any atom is 0.326 e. The third kappa shape index (κ3) is 3.81. The fraction of sp³-hybridized carbons (Fsp3) is 0.0526. The number of halogens is 1. The molecule has 0 unspecified atom stereocenters. The Morgan fingerprint density at radius 3 is 2.25 bits per heavy atom. The standard InChI is InChI=1S/C19H15BrN2O2/c20-17-8-4-3-7-16(17)18(23)22-19(24)21-15-11-9-14(10-12-15)13-5-1-2-6-13/h1-13H,(H2,21,22,23,24). The van der Waals surface area contributed by atoms with Crippen LogP contribution in [0.15, 0.2) is 77.3 Å². The van der Waals surface area contributed by atoms with E-state index in [0.29, 0.717) is 15.7 Å². The first-order chi connectivity index (χ1) is 11.6. The lowest BCUT2D eigenvalue weighted by Crippen LogP contribution is -2.34. The Morgan fingerprint density at radius 2 is 1.58 bits per heavy atom. The summed E-state index contributed by atoms with van der Waals surface area (Å²) in [4.78, 5) is 24.0. The van der Waals surface area contributed by atoms with Gasteiger partial charge in [0.2, 0.25) is 0 Å². The fourth-order valence-electron chi connectivity index (χ4n) is 2.42. The summed E-state index contributed by atoms with van der Waals surface area (Å²) in [6.07, 6.45) is 8.23. The molecule has 0 aliphatic heterocycles. The molecule has 0 atom stereocenters. The zero-order chi connectivity index (χ0) is 16.9. The molecule has 2 N–H and O–H groups in total. The van der Waals surface area contributed by atoms with Gasteiger partial charge >= 0.3 is 6.03 Å². The van der Waals surface area contributed by atoms with Crippen molar-refractivity contribution in [2.45, 2.75) is 5.92 Å². The molecule has 0 saturated heterocycles. The van der Waals surface area contributed by atoms with E-state index >= 15 is 0 Å². The van der Waals surface area contributed by atoms with Crippen LogP contribution >= 0.6 is 15.9 Å². The Hall–Kier alpha value is -2.66. The van der Waals surface area contributed by atoms with Gasteiger partial charge in [0.05, 0.1) is 5.56 Å². The molecule has 0 spiro atoms. The maximum atomic E-state index is 12.1. The number of carbonyl (C=O) groups excluding carboxylic acids is 2. The molecule has 0 saturated carbocycles. The molecule has 24 heavy (non-hydrogen) atoms. The van der Waals surface area contributed by atoms with E-state index < -0.39 is 11.9 Å². The molecule has 2 aromatic rings. The molecule has 0 heterocycles. The van der Waals surface area contributed by atoms with Gasteiger partial charge in [-0.15, -0.1) is 0 Å². The highest BCUT2D eigenvalue weighted by Gasteiger charge is 2.13. The lowest BCUT2D eigenvalue weighted by Gasteiger charge is -2.10. The molecule has 0 radical (unpaired) electrons. The Bertz CT molecular complexity index is 814. The number of hydrogen-bond acceptors (Lipinski definition) is 2. The zero-order valence-corrected chi connectivity index (χ0v) is 14.3. The van der Waals surface area contributed by atoms with Crippen molar-refractivity contribution in [1.29, 1.82) is 0 Å². The monoisotopic (exact) mass is 382 g/mol. The number of anilines is 1. The first kappa shape index (κ1) is 16.2. The lowest BCUT2D eigenvalue weighted by molar-refractivity contribution is 0.0966. The Labute approximate surface area is 148 Å². The first-order valence-electron chi connectivity index (χ1n) is 7.45. The molecule has 3 amide bonds. The number of urea groups is 1. The minimum atomic E-state index is -0.566. The highest BCUT2D eigenvalue weighted by atomic mass is 79.9. The van der Waals surface area contributed by atoms with Crippen LogP contribution in [0.5, 0.6) is 0 Å². The number of allylic oxidation sites excluding steroid dienone is 4. The van der Waals surface area contributed by atoms with E-state index in [-0.39, 0.29) is 5.92 Å². The molecule has 0 bridgehead atoms. The molecule has 1 aliphatic carbocycles. The van der Waals surface area contributed by atoms with Crippen LogP contribution in [0.25, 0.3) is 0 Å². The normalized spacial score (nSPS) is 13.0. The maximum absolute atomic E-state index is 12.1. The largest absolute Gasteiger partial charge is 0.326 e. The molecular formula is C19H15BrN2O2. The van der Waals surface area contributed by atoms with E-state index in [1.54, 1.807) is 24.3 Å². The van der Waals surface area contributed by atoms with Crippen LogP contribution in [0.2, 0.25) is 0 Å². The second-order valence-corrected chi connectivity index (χ2v) is 6.16. The van der Waals surface area contributed by atoms with E-state index in [9.17, 15) is 9.59 Å². The summed E-state index contributed by atoms with van der Waals surface area (Å²) in [5, 5.41) is 4.97. The summed E-state index contributed by atoms with van der Waals surface area (Å²) < 4.78 is 0.636. The van der Waals surface area contributed by atoms with Gasteiger partial charge in [-0.05, 0) is 45.8 Å². The number of nitrogens with one attached hydrogen (secondary N) is 2. The topological polar surface area (TPSA) is 58.2 Å². The van der Waals surface area contributed by atoms with Gasteiger partial charge in [0.1, 0.15) is 0 Å². The predicted octanol–water partition coefficient (Wildman–Crippen LogP) is 4.62. The van der Waals surface area contributed by atoms with Crippen LogP contribution in [0, 0.1) is 0 Å². The van der Waals surface area contributed by atoms with Gasteiger partial charge < -0.3 is 5.32 Å². The molecule has 1 aliphatic rings. The van der Waals surface area contributed by atoms with E-state index in [0.717, 1.165) is 5.56 Å². The Balaban J connectivity index is 1.60. The van der Waals surface area contributed by atoms with Gasteiger partial charge in [0.25, 0.3) is 5.91 Å². The van der Waals surface area contributed by atoms with Gasteiger partial charge in [-0.25, -0.2) is 4.79 Å². The van der Waals surface area contributed by atoms with Gasteiger partial charge in [0.15, 0.2) is 0 Å². The summed E-state index contributed by atoms with van der Waals surface area (Å²) in [7, 11) is 0. The summed E-state index contributed by atoms with van der Waals surface area (Å²) in [6, 6.07) is 13.9. The SMILES string of the molecule is O=C(NC(=O)c1ccccc1Br)Nc1ccc(C2C=CC=C2)cc1. The van der Waals surface area contributed by atoms with E-state index in [2.05, 4.69) is 38.7 Å². The van der Waals surface area contributed by atoms with Crippen molar-refractivity contribution in [1.82, 2.24) is 5.32 Å². The smallest absolute Gasteiger partial charge is 0.308 e. The van der Waals surface area contributed by atoms with Crippen LogP contribution in [-0.4, -0.2) is 11.9 Å². The van der Waals surface area contributed by atoms with Crippen molar-refractivity contribution in [3.8, 4) is 0 Å². The van der Waals surface area contributed by atoms with Crippen LogP contribution in [0.4, 0.5) is 10.5 Å². The molecule has 5 heteroatoms. The van der Waals surface area contributed by atoms with Crippen LogP contribution < -0.4 is 10.6 Å². The second-order valence-electron chi connectivity index (χ2n) is 5.31. The van der Waals surface area contributed by atoms with Crippen molar-refractivity contribution in [2.75, 3.05) is 5.32 Å². The average Bonchev–Trinajstić information content (AvgIpc) is 3.10. The third-order valence-corrected chi connectivity index (χ3v) is 4.34. The van der Waals surface area contributed by atoms with Gasteiger partial charge in [-0.2, -0.15) is 0 Å². The highest BCUT2D eigenvalue weighted by Crippen LogP contribution is 2.24. The van der Waals surface area contributed by atoms with Crippen molar-refractivity contribution < 1.29 is 9.59 Å². The van der Waals surface area contributed by atoms with Crippen molar-refractivity contribution in [2.24, 2.45) is 0 Å². The summed E-state index contributed by atoms with van der Waals surface area (Å²) in [6.45, 7) is 0. The average molecular weight is 383 g/mol. The number of imide groups is 1. The van der Waals surface area contributed by atoms with E-state index in [1.807, 2.05) is 36.4 Å². The molecule has 3 rings (SSSR count). The van der Waals surface area contributed by atoms with Crippen molar-refractivity contribution in [3.05, 3.63) is 88.4 Å². The number of rotatable bonds is 3. The summed E-state index contributed by atoms with van der Waals surface area (Å²) >= 11 is 3.29. The molecular weight excluding hydrogens is 368 g/mol.